The number of carbonyl (C=O) groups is 1. The summed E-state index contributed by atoms with van der Waals surface area (Å²) in [5.41, 5.74) is 5.20. The zero-order valence-electron chi connectivity index (χ0n) is 19.0. The molecule has 0 saturated carbocycles. The van der Waals surface area contributed by atoms with Crippen LogP contribution in [-0.4, -0.2) is 31.0 Å². The summed E-state index contributed by atoms with van der Waals surface area (Å²) in [7, 11) is 0. The summed E-state index contributed by atoms with van der Waals surface area (Å²) in [6, 6.07) is 20.0. The molecule has 4 rings (SSSR count). The first kappa shape index (κ1) is 22.4. The summed E-state index contributed by atoms with van der Waals surface area (Å²) in [4.78, 5) is 13.0. The van der Waals surface area contributed by atoms with Crippen molar-refractivity contribution in [3.05, 3.63) is 82.8 Å². The second kappa shape index (κ2) is 9.35. The fourth-order valence-corrected chi connectivity index (χ4v) is 4.56. The number of hydrogen-bond donors (Lipinski definition) is 1. The van der Waals surface area contributed by atoms with E-state index in [1.807, 2.05) is 85.4 Å². The maximum atomic E-state index is 13.0. The molecular weight excluding hydrogens is 432 g/mol. The van der Waals surface area contributed by atoms with E-state index in [4.69, 9.17) is 0 Å². The third-order valence-corrected chi connectivity index (χ3v) is 6.41. The zero-order chi connectivity index (χ0) is 23.5. The predicted molar refractivity (Wildman–Crippen MR) is 130 cm³/mol. The van der Waals surface area contributed by atoms with Gasteiger partial charge >= 0.3 is 0 Å². The summed E-state index contributed by atoms with van der Waals surface area (Å²) < 4.78 is 3.85. The van der Waals surface area contributed by atoms with Crippen molar-refractivity contribution in [1.29, 1.82) is 5.26 Å². The first-order valence-corrected chi connectivity index (χ1v) is 11.5. The number of thioether (sulfide) groups is 1. The van der Waals surface area contributed by atoms with Gasteiger partial charge in [-0.15, -0.1) is 10.2 Å². The Morgan fingerprint density at radius 3 is 2.42 bits per heavy atom. The van der Waals surface area contributed by atoms with Gasteiger partial charge in [-0.05, 0) is 63.1 Å². The number of nitrogens with zero attached hydrogens (tertiary/aromatic N) is 5. The number of hydrogen-bond acceptors (Lipinski definition) is 5. The van der Waals surface area contributed by atoms with Gasteiger partial charge in [-0.1, -0.05) is 42.1 Å². The molecule has 0 spiro atoms. The maximum Gasteiger partial charge on any atom is 0.236 e. The van der Waals surface area contributed by atoms with Crippen LogP contribution in [0.3, 0.4) is 0 Å². The number of benzene rings is 2. The summed E-state index contributed by atoms with van der Waals surface area (Å²) in [6.07, 6.45) is 0. The highest BCUT2D eigenvalue weighted by Crippen LogP contribution is 2.30. The van der Waals surface area contributed by atoms with Crippen molar-refractivity contribution in [3.63, 3.8) is 0 Å². The van der Waals surface area contributed by atoms with Crippen molar-refractivity contribution in [2.24, 2.45) is 0 Å². The van der Waals surface area contributed by atoms with Gasteiger partial charge in [-0.25, -0.2) is 0 Å². The highest BCUT2D eigenvalue weighted by atomic mass is 32.2. The van der Waals surface area contributed by atoms with Gasteiger partial charge < -0.3 is 5.32 Å². The quantitative estimate of drug-likeness (QED) is 0.417. The second-order valence-electron chi connectivity index (χ2n) is 7.76. The van der Waals surface area contributed by atoms with Crippen molar-refractivity contribution >= 4 is 23.5 Å². The van der Waals surface area contributed by atoms with E-state index in [1.54, 1.807) is 0 Å². The minimum absolute atomic E-state index is 0.132. The van der Waals surface area contributed by atoms with Gasteiger partial charge in [0.1, 0.15) is 17.7 Å². The lowest BCUT2D eigenvalue weighted by molar-refractivity contribution is -0.113. The Balaban J connectivity index is 1.58. The molecule has 0 aliphatic heterocycles. The Morgan fingerprint density at radius 1 is 1.00 bits per heavy atom. The number of amides is 1. The fourth-order valence-electron chi connectivity index (χ4n) is 3.76. The van der Waals surface area contributed by atoms with Crippen molar-refractivity contribution in [3.8, 4) is 17.4 Å². The molecule has 0 fully saturated rings. The molecule has 0 radical (unpaired) electrons. The first-order valence-electron chi connectivity index (χ1n) is 10.5. The summed E-state index contributed by atoms with van der Waals surface area (Å²) in [6.45, 7) is 7.75. The Labute approximate surface area is 197 Å². The molecule has 2 aromatic heterocycles. The molecule has 1 N–H and O–H groups in total. The van der Waals surface area contributed by atoms with Crippen molar-refractivity contribution in [1.82, 2.24) is 19.3 Å². The van der Waals surface area contributed by atoms with Crippen LogP contribution in [0.2, 0.25) is 0 Å². The van der Waals surface area contributed by atoms with E-state index in [9.17, 15) is 10.1 Å². The largest absolute Gasteiger partial charge is 0.310 e. The van der Waals surface area contributed by atoms with E-state index in [0.717, 1.165) is 34.0 Å². The third-order valence-electron chi connectivity index (χ3n) is 5.48. The van der Waals surface area contributed by atoms with E-state index in [0.29, 0.717) is 16.5 Å². The van der Waals surface area contributed by atoms with Crippen LogP contribution in [-0.2, 0) is 4.79 Å². The van der Waals surface area contributed by atoms with Gasteiger partial charge in [0.15, 0.2) is 5.16 Å². The molecule has 33 heavy (non-hydrogen) atoms. The van der Waals surface area contributed by atoms with Gasteiger partial charge in [0.05, 0.1) is 11.3 Å². The molecule has 2 heterocycles. The van der Waals surface area contributed by atoms with Gasteiger partial charge in [-0.2, -0.15) is 5.26 Å². The smallest absolute Gasteiger partial charge is 0.236 e. The number of para-hydroxylation sites is 1. The molecule has 1 amide bonds. The van der Waals surface area contributed by atoms with Crippen molar-refractivity contribution in [2.75, 3.05) is 11.1 Å². The van der Waals surface area contributed by atoms with E-state index in [1.165, 1.54) is 11.8 Å². The Hall–Kier alpha value is -3.83. The molecule has 166 valence electrons. The standard InChI is InChI=1S/C25H24N6OS/c1-16-9-8-12-21(13-16)31-19(4)28-29-25(31)33-15-23(32)27-24-22(14-26)17(2)18(3)30(24)20-10-6-5-7-11-20/h5-13H,15H2,1-4H3,(H,27,32). The lowest BCUT2D eigenvalue weighted by Gasteiger charge is -2.13. The molecule has 0 unspecified atom stereocenters. The average Bonchev–Trinajstić information content (AvgIpc) is 3.29. The Bertz CT molecular complexity index is 1360. The predicted octanol–water partition coefficient (Wildman–Crippen LogP) is 4.89. The Kier molecular flexibility index (Phi) is 6.33. The highest BCUT2D eigenvalue weighted by Gasteiger charge is 2.21. The van der Waals surface area contributed by atoms with Crippen LogP contribution in [0, 0.1) is 39.0 Å². The third kappa shape index (κ3) is 4.41. The molecule has 7 nitrogen and oxygen atoms in total. The van der Waals surface area contributed by atoms with E-state index < -0.39 is 0 Å². The number of carbonyl (C=O) groups excluding carboxylic acids is 1. The van der Waals surface area contributed by atoms with Crippen LogP contribution < -0.4 is 5.32 Å². The van der Waals surface area contributed by atoms with Gasteiger partial charge in [-0.3, -0.25) is 13.9 Å². The number of aromatic nitrogens is 4. The van der Waals surface area contributed by atoms with Crippen LogP contribution in [0.15, 0.2) is 59.8 Å². The molecule has 0 atom stereocenters. The first-order chi connectivity index (χ1) is 15.9. The molecule has 2 aromatic carbocycles. The number of rotatable bonds is 6. The number of aryl methyl sites for hydroxylation is 2. The monoisotopic (exact) mass is 456 g/mol. The van der Waals surface area contributed by atoms with E-state index in [2.05, 4.69) is 27.6 Å². The SMILES string of the molecule is Cc1cccc(-n2c(C)nnc2SCC(=O)Nc2c(C#N)c(C)c(C)n2-c2ccccc2)c1. The van der Waals surface area contributed by atoms with E-state index >= 15 is 0 Å². The molecule has 0 aliphatic rings. The molecular formula is C25H24N6OS. The normalized spacial score (nSPS) is 10.8. The fraction of sp³-hybridized carbons (Fsp3) is 0.200. The second-order valence-corrected chi connectivity index (χ2v) is 8.70. The van der Waals surface area contributed by atoms with Crippen LogP contribution in [0.1, 0.15) is 28.2 Å². The molecule has 0 saturated heterocycles. The molecule has 8 heteroatoms. The molecule has 0 bridgehead atoms. The van der Waals surface area contributed by atoms with Gasteiger partial charge in [0.2, 0.25) is 5.91 Å². The minimum Gasteiger partial charge on any atom is -0.310 e. The van der Waals surface area contributed by atoms with Gasteiger partial charge in [0.25, 0.3) is 0 Å². The summed E-state index contributed by atoms with van der Waals surface area (Å²) in [5, 5.41) is 21.8. The zero-order valence-corrected chi connectivity index (χ0v) is 19.8. The lowest BCUT2D eigenvalue weighted by Crippen LogP contribution is -2.18. The minimum atomic E-state index is -0.220. The molecule has 0 aliphatic carbocycles. The highest BCUT2D eigenvalue weighted by molar-refractivity contribution is 7.99. The van der Waals surface area contributed by atoms with Crippen molar-refractivity contribution in [2.45, 2.75) is 32.9 Å². The number of anilines is 1. The number of nitrogens with one attached hydrogen (secondary N) is 1. The van der Waals surface area contributed by atoms with Crippen LogP contribution in [0.5, 0.6) is 0 Å². The summed E-state index contributed by atoms with van der Waals surface area (Å²) in [5.74, 6) is 1.15. The Morgan fingerprint density at radius 2 is 1.73 bits per heavy atom. The van der Waals surface area contributed by atoms with Crippen molar-refractivity contribution < 1.29 is 4.79 Å². The van der Waals surface area contributed by atoms with Crippen LogP contribution in [0.25, 0.3) is 11.4 Å². The number of nitriles is 1. The van der Waals surface area contributed by atoms with E-state index in [-0.39, 0.29) is 11.7 Å². The van der Waals surface area contributed by atoms with Gasteiger partial charge in [0, 0.05) is 17.1 Å². The van der Waals surface area contributed by atoms with Crippen LogP contribution in [0.4, 0.5) is 5.82 Å². The maximum absolute atomic E-state index is 13.0. The average molecular weight is 457 g/mol. The van der Waals surface area contributed by atoms with Crippen LogP contribution >= 0.6 is 11.8 Å². The topological polar surface area (TPSA) is 88.5 Å². The summed E-state index contributed by atoms with van der Waals surface area (Å²) >= 11 is 1.31. The lowest BCUT2D eigenvalue weighted by atomic mass is 10.2. The molecule has 4 aromatic rings.